The van der Waals surface area contributed by atoms with Gasteiger partial charge in [-0.05, 0) is 19.3 Å². The van der Waals surface area contributed by atoms with Gasteiger partial charge in [-0.25, -0.2) is 15.0 Å². The second kappa shape index (κ2) is 16.3. The Morgan fingerprint density at radius 1 is 0.514 bits per heavy atom. The van der Waals surface area contributed by atoms with E-state index in [1.54, 1.807) is 0 Å². The van der Waals surface area contributed by atoms with Gasteiger partial charge in [0.2, 0.25) is 17.1 Å². The first-order valence-corrected chi connectivity index (χ1v) is 12.0. The molecule has 206 valence electrons. The number of aromatic nitrogens is 6. The molecule has 0 aliphatic carbocycles. The Morgan fingerprint density at radius 3 is 0.892 bits per heavy atom. The Bertz CT molecular complexity index is 1010. The maximum atomic E-state index is 11.2. The van der Waals surface area contributed by atoms with E-state index < -0.39 is 0 Å². The van der Waals surface area contributed by atoms with Crippen LogP contribution in [-0.4, -0.2) is 30.3 Å². The Kier molecular flexibility index (Phi) is 14.8. The molecular weight excluding hydrogens is 524 g/mol. The summed E-state index contributed by atoms with van der Waals surface area (Å²) in [5.74, 6) is -0.989. The molecule has 0 amide bonds. The fourth-order valence-electron chi connectivity index (χ4n) is 3.48. The molecule has 0 aliphatic heterocycles. The van der Waals surface area contributed by atoms with Gasteiger partial charge in [0.25, 0.3) is 0 Å². The molecule has 0 saturated carbocycles. The Hall–Kier alpha value is -3.44. The number of aromatic hydroxyl groups is 3. The minimum absolute atomic E-state index is 0. The van der Waals surface area contributed by atoms with Gasteiger partial charge in [-0.3, -0.25) is 0 Å². The van der Waals surface area contributed by atoms with E-state index in [0.717, 1.165) is 17.1 Å². The molecule has 0 unspecified atom stereocenters. The average Bonchev–Trinajstić information content (AvgIpc) is 2.89. The van der Waals surface area contributed by atoms with Crippen LogP contribution in [0.15, 0.2) is 18.6 Å². The summed E-state index contributed by atoms with van der Waals surface area (Å²) in [7, 11) is 0. The van der Waals surface area contributed by atoms with Crippen molar-refractivity contribution in [2.45, 2.75) is 80.1 Å². The molecule has 37 heavy (non-hydrogen) atoms. The number of rotatable bonds is 6. The van der Waals surface area contributed by atoms with E-state index in [4.69, 9.17) is 15.3 Å². The molecule has 0 spiro atoms. The molecule has 3 heterocycles. The summed E-state index contributed by atoms with van der Waals surface area (Å²) in [5.41, 5.74) is 3.92. The van der Waals surface area contributed by atoms with E-state index in [2.05, 4.69) is 15.0 Å². The topological polar surface area (TPSA) is 180 Å². The van der Waals surface area contributed by atoms with Crippen molar-refractivity contribution in [1.29, 1.82) is 0 Å². The van der Waals surface area contributed by atoms with Gasteiger partial charge in [0.15, 0.2) is 0 Å². The Balaban J connectivity index is 0.000000518. The Morgan fingerprint density at radius 2 is 0.730 bits per heavy atom. The van der Waals surface area contributed by atoms with Crippen LogP contribution in [0.25, 0.3) is 0 Å². The number of aryl methyl sites for hydroxylation is 3. The summed E-state index contributed by atoms with van der Waals surface area (Å²) < 4.78 is 1.60. The van der Waals surface area contributed by atoms with Crippen molar-refractivity contribution in [3.8, 4) is 17.6 Å². The summed E-state index contributed by atoms with van der Waals surface area (Å²) in [4.78, 5) is 11.9. The average molecular weight is 560 g/mol. The first-order valence-electron chi connectivity index (χ1n) is 12.0. The van der Waals surface area contributed by atoms with Crippen LogP contribution >= 0.6 is 0 Å². The summed E-state index contributed by atoms with van der Waals surface area (Å²) in [6, 6.07) is 0. The van der Waals surface area contributed by atoms with Crippen LogP contribution < -0.4 is 14.2 Å². The molecule has 0 aromatic carbocycles. The van der Waals surface area contributed by atoms with E-state index >= 15 is 0 Å². The van der Waals surface area contributed by atoms with Crippen molar-refractivity contribution < 1.29 is 46.6 Å². The summed E-state index contributed by atoms with van der Waals surface area (Å²) in [6.07, 6.45) is 7.47. The number of nitrogens with zero attached hydrogens (tertiary/aromatic N) is 6. The van der Waals surface area contributed by atoms with E-state index in [9.17, 15) is 15.6 Å². The zero-order chi connectivity index (χ0) is 27.4. The van der Waals surface area contributed by atoms with Crippen LogP contribution in [0.3, 0.4) is 0 Å². The molecule has 0 saturated heterocycles. The maximum Gasteiger partial charge on any atom is 0.396 e. The van der Waals surface area contributed by atoms with Crippen LogP contribution in [0.2, 0.25) is 0 Å². The molecule has 0 aliphatic rings. The van der Waals surface area contributed by atoms with Crippen molar-refractivity contribution in [2.75, 3.05) is 0 Å². The first kappa shape index (κ1) is 33.6. The van der Waals surface area contributed by atoms with Gasteiger partial charge in [-0.1, -0.05) is 41.5 Å². The molecule has 13 heteroatoms. The molecule has 3 aromatic heterocycles. The third-order valence-electron chi connectivity index (χ3n) is 5.38. The molecule has 3 aromatic rings. The normalized spacial score (nSPS) is 9.89. The Labute approximate surface area is 227 Å². The van der Waals surface area contributed by atoms with Gasteiger partial charge in [0.05, 0.1) is 0 Å². The summed E-state index contributed by atoms with van der Waals surface area (Å²) >= 11 is 0. The number of hydrogen-bond donors (Lipinski definition) is 3. The fourth-order valence-corrected chi connectivity index (χ4v) is 3.48. The SMILES string of the molecule is CCc1ncc(O)[n+]([O-])c1CC.CCc1ncc(O)[n+]([O-])c1CC.CCc1ncc(O)[n+]([O-])c1CC.[Fe]. The minimum Gasteiger partial charge on any atom is -0.616 e. The van der Waals surface area contributed by atoms with Crippen LogP contribution in [0.5, 0.6) is 17.6 Å². The molecule has 0 radical (unpaired) electrons. The minimum atomic E-state index is -0.330. The molecule has 3 rings (SSSR count). The van der Waals surface area contributed by atoms with Crippen LogP contribution in [-0.2, 0) is 55.6 Å². The van der Waals surface area contributed by atoms with Gasteiger partial charge in [0, 0.05) is 36.3 Å². The predicted octanol–water partition coefficient (Wildman–Crippen LogP) is 1.63. The summed E-state index contributed by atoms with van der Waals surface area (Å²) in [5, 5.41) is 60.7. The van der Waals surface area contributed by atoms with Gasteiger partial charge in [0.1, 0.15) is 35.7 Å². The number of hydrogen-bond acceptors (Lipinski definition) is 9. The molecular formula is C24H36FeN6O6. The van der Waals surface area contributed by atoms with Gasteiger partial charge in [-0.15, -0.1) is 14.2 Å². The van der Waals surface area contributed by atoms with Crippen molar-refractivity contribution in [3.63, 3.8) is 0 Å². The second-order valence-corrected chi connectivity index (χ2v) is 7.53. The zero-order valence-corrected chi connectivity index (χ0v) is 23.2. The van der Waals surface area contributed by atoms with E-state index in [1.807, 2.05) is 41.5 Å². The van der Waals surface area contributed by atoms with Gasteiger partial charge < -0.3 is 30.9 Å². The van der Waals surface area contributed by atoms with Crippen molar-refractivity contribution >= 4 is 0 Å². The van der Waals surface area contributed by atoms with E-state index in [-0.39, 0.29) is 34.7 Å². The van der Waals surface area contributed by atoms with Crippen molar-refractivity contribution in [2.24, 2.45) is 0 Å². The molecule has 12 nitrogen and oxygen atoms in total. The van der Waals surface area contributed by atoms with Crippen molar-refractivity contribution in [3.05, 3.63) is 68.4 Å². The molecule has 0 bridgehead atoms. The third kappa shape index (κ3) is 8.57. The fraction of sp³-hybridized carbons (Fsp3) is 0.500. The third-order valence-corrected chi connectivity index (χ3v) is 5.38. The van der Waals surface area contributed by atoms with Crippen LogP contribution in [0.4, 0.5) is 0 Å². The predicted molar refractivity (Wildman–Crippen MR) is 131 cm³/mol. The standard InChI is InChI=1S/3C8H12N2O2.Fe/c3*1-3-6-7(4-2)10(12)8(11)5-9-6;/h3*5,11H,3-4H2,1-2H3;. The quantitative estimate of drug-likeness (QED) is 0.229. The monoisotopic (exact) mass is 560 g/mol. The largest absolute Gasteiger partial charge is 0.616 e. The molecule has 3 N–H and O–H groups in total. The molecule has 0 atom stereocenters. The van der Waals surface area contributed by atoms with E-state index in [1.165, 1.54) is 18.6 Å². The maximum absolute atomic E-state index is 11.2. The van der Waals surface area contributed by atoms with Gasteiger partial charge >= 0.3 is 17.6 Å². The summed E-state index contributed by atoms with van der Waals surface area (Å²) in [6.45, 7) is 11.4. The van der Waals surface area contributed by atoms with E-state index in [0.29, 0.717) is 69.8 Å². The zero-order valence-electron chi connectivity index (χ0n) is 22.1. The van der Waals surface area contributed by atoms with Crippen LogP contribution in [0.1, 0.15) is 75.7 Å². The van der Waals surface area contributed by atoms with Crippen LogP contribution in [0, 0.1) is 15.6 Å². The second-order valence-electron chi connectivity index (χ2n) is 7.53. The first-order chi connectivity index (χ1) is 17.1. The molecule has 0 fully saturated rings. The smallest absolute Gasteiger partial charge is 0.396 e. The van der Waals surface area contributed by atoms with Crippen molar-refractivity contribution in [1.82, 2.24) is 15.0 Å². The van der Waals surface area contributed by atoms with Gasteiger partial charge in [-0.2, -0.15) is 0 Å².